The van der Waals surface area contributed by atoms with Crippen molar-refractivity contribution in [2.45, 2.75) is 26.4 Å². The van der Waals surface area contributed by atoms with Gasteiger partial charge in [-0.05, 0) is 62.2 Å². The van der Waals surface area contributed by atoms with Crippen molar-refractivity contribution in [3.05, 3.63) is 65.9 Å². The monoisotopic (exact) mass is 380 g/mol. The van der Waals surface area contributed by atoms with Crippen molar-refractivity contribution in [1.82, 2.24) is 10.5 Å². The van der Waals surface area contributed by atoms with Crippen molar-refractivity contribution in [3.63, 3.8) is 0 Å². The molecule has 6 nitrogen and oxygen atoms in total. The van der Waals surface area contributed by atoms with E-state index in [0.29, 0.717) is 12.3 Å². The number of carbonyl (C=O) groups is 1. The Labute approximate surface area is 164 Å². The van der Waals surface area contributed by atoms with Crippen LogP contribution in [0.2, 0.25) is 0 Å². The van der Waals surface area contributed by atoms with Crippen molar-refractivity contribution in [1.29, 1.82) is 0 Å². The maximum atomic E-state index is 12.3. The Morgan fingerprint density at radius 3 is 2.39 bits per heavy atom. The van der Waals surface area contributed by atoms with Crippen molar-refractivity contribution in [2.24, 2.45) is 0 Å². The minimum absolute atomic E-state index is 0.115. The minimum atomic E-state index is -0.261. The molecule has 0 saturated heterocycles. The lowest BCUT2D eigenvalue weighted by Crippen LogP contribution is -2.25. The number of benzene rings is 2. The van der Waals surface area contributed by atoms with Gasteiger partial charge in [-0.3, -0.25) is 4.79 Å². The van der Waals surface area contributed by atoms with Crippen LogP contribution in [-0.4, -0.2) is 30.8 Å². The molecule has 0 aliphatic carbocycles. The number of amides is 1. The molecule has 1 heterocycles. The van der Waals surface area contributed by atoms with Crippen molar-refractivity contribution < 1.29 is 18.8 Å². The molecule has 0 aliphatic heterocycles. The summed E-state index contributed by atoms with van der Waals surface area (Å²) in [5.41, 5.74) is 2.21. The Morgan fingerprint density at radius 2 is 1.75 bits per heavy atom. The molecular formula is C22H24N2O4. The van der Waals surface area contributed by atoms with Crippen LogP contribution in [0.15, 0.2) is 59.1 Å². The number of nitrogens with one attached hydrogen (secondary N) is 1. The molecule has 28 heavy (non-hydrogen) atoms. The normalized spacial score (nSPS) is 10.7. The van der Waals surface area contributed by atoms with Gasteiger partial charge in [-0.25, -0.2) is 0 Å². The third kappa shape index (κ3) is 5.13. The molecule has 0 atom stereocenters. The third-order valence-corrected chi connectivity index (χ3v) is 4.11. The number of rotatable bonds is 8. The van der Waals surface area contributed by atoms with Gasteiger partial charge < -0.3 is 19.3 Å². The summed E-state index contributed by atoms with van der Waals surface area (Å²) in [6, 6.07) is 16.9. The molecule has 0 spiro atoms. The number of ether oxygens (including phenoxy) is 2. The third-order valence-electron chi connectivity index (χ3n) is 4.11. The van der Waals surface area contributed by atoms with Gasteiger partial charge in [-0.15, -0.1) is 0 Å². The summed E-state index contributed by atoms with van der Waals surface area (Å²) in [4.78, 5) is 12.3. The minimum Gasteiger partial charge on any atom is -0.497 e. The molecule has 6 heteroatoms. The van der Waals surface area contributed by atoms with Crippen LogP contribution in [-0.2, 0) is 6.42 Å². The fourth-order valence-corrected chi connectivity index (χ4v) is 2.69. The van der Waals surface area contributed by atoms with Gasteiger partial charge in [0.2, 0.25) is 0 Å². The van der Waals surface area contributed by atoms with Crippen LogP contribution >= 0.6 is 0 Å². The van der Waals surface area contributed by atoms with Crippen molar-refractivity contribution >= 4 is 5.91 Å². The first kappa shape index (κ1) is 19.5. The van der Waals surface area contributed by atoms with Crippen LogP contribution in [0.1, 0.15) is 29.9 Å². The molecule has 0 fully saturated rings. The average Bonchev–Trinajstić information content (AvgIpc) is 3.19. The fraction of sp³-hybridized carbons (Fsp3) is 0.273. The molecule has 0 unspecified atom stereocenters. The van der Waals surface area contributed by atoms with Crippen LogP contribution in [0.4, 0.5) is 0 Å². The highest BCUT2D eigenvalue weighted by atomic mass is 16.5. The molecular weight excluding hydrogens is 356 g/mol. The topological polar surface area (TPSA) is 73.6 Å². The average molecular weight is 380 g/mol. The van der Waals surface area contributed by atoms with E-state index in [-0.39, 0.29) is 17.7 Å². The van der Waals surface area contributed by atoms with E-state index < -0.39 is 0 Å². The Kier molecular flexibility index (Phi) is 6.32. The van der Waals surface area contributed by atoms with E-state index in [4.69, 9.17) is 14.0 Å². The first-order valence-corrected chi connectivity index (χ1v) is 9.20. The van der Waals surface area contributed by atoms with Gasteiger partial charge in [0.25, 0.3) is 5.91 Å². The summed E-state index contributed by atoms with van der Waals surface area (Å²) in [5.74, 6) is 1.88. The molecule has 1 amide bonds. The first-order valence-electron chi connectivity index (χ1n) is 9.20. The predicted molar refractivity (Wildman–Crippen MR) is 107 cm³/mol. The maximum Gasteiger partial charge on any atom is 0.273 e. The van der Waals surface area contributed by atoms with Gasteiger partial charge in [0, 0.05) is 18.2 Å². The van der Waals surface area contributed by atoms with Gasteiger partial charge in [-0.1, -0.05) is 17.3 Å². The molecule has 3 rings (SSSR count). The standard InChI is InChI=1S/C22H24N2O4/c1-15(2)27-19-10-6-17(7-11-19)21-14-20(24-28-21)22(25)23-13-12-16-4-8-18(26-3)9-5-16/h4-11,14-15H,12-13H2,1-3H3,(H,23,25). The fourth-order valence-electron chi connectivity index (χ4n) is 2.69. The zero-order valence-corrected chi connectivity index (χ0v) is 16.3. The zero-order chi connectivity index (χ0) is 19.9. The lowest BCUT2D eigenvalue weighted by Gasteiger charge is -2.09. The summed E-state index contributed by atoms with van der Waals surface area (Å²) in [6.07, 6.45) is 0.835. The zero-order valence-electron chi connectivity index (χ0n) is 16.3. The number of aromatic nitrogens is 1. The van der Waals surface area contributed by atoms with Gasteiger partial charge in [0.15, 0.2) is 11.5 Å². The quantitative estimate of drug-likeness (QED) is 0.637. The van der Waals surface area contributed by atoms with E-state index in [1.165, 1.54) is 0 Å². The molecule has 0 aliphatic rings. The summed E-state index contributed by atoms with van der Waals surface area (Å²) in [5, 5.41) is 6.74. The Bertz CT molecular complexity index is 899. The maximum absolute atomic E-state index is 12.3. The molecule has 1 N–H and O–H groups in total. The van der Waals surface area contributed by atoms with Crippen LogP contribution in [0.3, 0.4) is 0 Å². The summed E-state index contributed by atoms with van der Waals surface area (Å²) in [6.45, 7) is 4.46. The Balaban J connectivity index is 1.54. The van der Waals surface area contributed by atoms with Gasteiger partial charge in [0.05, 0.1) is 13.2 Å². The lowest BCUT2D eigenvalue weighted by atomic mass is 10.1. The van der Waals surface area contributed by atoms with Crippen LogP contribution in [0.25, 0.3) is 11.3 Å². The Hall–Kier alpha value is -3.28. The van der Waals surface area contributed by atoms with Gasteiger partial charge in [-0.2, -0.15) is 0 Å². The summed E-state index contributed by atoms with van der Waals surface area (Å²) < 4.78 is 16.1. The van der Waals surface area contributed by atoms with E-state index >= 15 is 0 Å². The van der Waals surface area contributed by atoms with Gasteiger partial charge in [0.1, 0.15) is 11.5 Å². The Morgan fingerprint density at radius 1 is 1.07 bits per heavy atom. The van der Waals surface area contributed by atoms with Crippen LogP contribution in [0.5, 0.6) is 11.5 Å². The lowest BCUT2D eigenvalue weighted by molar-refractivity contribution is 0.0945. The number of nitrogens with zero attached hydrogens (tertiary/aromatic N) is 1. The van der Waals surface area contributed by atoms with E-state index in [2.05, 4.69) is 10.5 Å². The van der Waals surface area contributed by atoms with E-state index in [1.54, 1.807) is 13.2 Å². The molecule has 146 valence electrons. The first-order chi connectivity index (χ1) is 13.5. The number of hydrogen-bond acceptors (Lipinski definition) is 5. The van der Waals surface area contributed by atoms with Crippen molar-refractivity contribution in [3.8, 4) is 22.8 Å². The SMILES string of the molecule is COc1ccc(CCNC(=O)c2cc(-c3ccc(OC(C)C)cc3)on2)cc1. The summed E-state index contributed by atoms with van der Waals surface area (Å²) >= 11 is 0. The molecule has 2 aromatic carbocycles. The highest BCUT2D eigenvalue weighted by Gasteiger charge is 2.13. The van der Waals surface area contributed by atoms with Crippen molar-refractivity contribution in [2.75, 3.05) is 13.7 Å². The molecule has 0 bridgehead atoms. The largest absolute Gasteiger partial charge is 0.497 e. The van der Waals surface area contributed by atoms with Crippen LogP contribution < -0.4 is 14.8 Å². The number of carbonyl (C=O) groups excluding carboxylic acids is 1. The highest BCUT2D eigenvalue weighted by molar-refractivity contribution is 5.93. The summed E-state index contributed by atoms with van der Waals surface area (Å²) in [7, 11) is 1.63. The van der Waals surface area contributed by atoms with Crippen LogP contribution in [0, 0.1) is 0 Å². The molecule has 0 radical (unpaired) electrons. The smallest absolute Gasteiger partial charge is 0.273 e. The second kappa shape index (κ2) is 9.08. The van der Waals surface area contributed by atoms with Gasteiger partial charge >= 0.3 is 0 Å². The van der Waals surface area contributed by atoms with E-state index in [0.717, 1.165) is 29.0 Å². The molecule has 3 aromatic rings. The molecule has 0 saturated carbocycles. The van der Waals surface area contributed by atoms with E-state index in [9.17, 15) is 4.79 Å². The number of methoxy groups -OCH3 is 1. The second-order valence-corrected chi connectivity index (χ2v) is 6.62. The predicted octanol–water partition coefficient (Wildman–Crippen LogP) is 4.11. The highest BCUT2D eigenvalue weighted by Crippen LogP contribution is 2.23. The molecule has 1 aromatic heterocycles. The van der Waals surface area contributed by atoms with E-state index in [1.807, 2.05) is 62.4 Å². The second-order valence-electron chi connectivity index (χ2n) is 6.62. The number of hydrogen-bond donors (Lipinski definition) is 1.